The molecule has 4 heteroatoms. The zero-order valence-electron chi connectivity index (χ0n) is 7.71. The summed E-state index contributed by atoms with van der Waals surface area (Å²) in [6, 6.07) is 5.31. The van der Waals surface area contributed by atoms with Gasteiger partial charge >= 0.3 is 0 Å². The van der Waals surface area contributed by atoms with Crippen LogP contribution in [0, 0.1) is 0 Å². The molecule has 0 aliphatic carbocycles. The van der Waals surface area contributed by atoms with E-state index in [2.05, 4.69) is 5.32 Å². The van der Waals surface area contributed by atoms with E-state index in [-0.39, 0.29) is 5.91 Å². The largest absolute Gasteiger partial charge is 0.478 e. The lowest BCUT2D eigenvalue weighted by Crippen LogP contribution is -2.36. The number of carbonyl (C=O) groups excluding carboxylic acids is 1. The molecular formula is C10H10ClNO2. The third kappa shape index (κ3) is 1.44. The van der Waals surface area contributed by atoms with E-state index < -0.39 is 6.10 Å². The van der Waals surface area contributed by atoms with Crippen LogP contribution >= 0.6 is 11.6 Å². The summed E-state index contributed by atoms with van der Waals surface area (Å²) >= 11 is 5.90. The van der Waals surface area contributed by atoms with Crippen molar-refractivity contribution in [2.24, 2.45) is 0 Å². The van der Waals surface area contributed by atoms with E-state index in [1.54, 1.807) is 18.2 Å². The third-order valence-corrected chi connectivity index (χ3v) is 2.47. The van der Waals surface area contributed by atoms with Crippen LogP contribution < -0.4 is 10.1 Å². The minimum atomic E-state index is -0.402. The summed E-state index contributed by atoms with van der Waals surface area (Å²) in [5, 5.41) is 3.24. The van der Waals surface area contributed by atoms with Gasteiger partial charge in [-0.2, -0.15) is 0 Å². The fraction of sp³-hybridized carbons (Fsp3) is 0.300. The lowest BCUT2D eigenvalue weighted by molar-refractivity contribution is -0.123. The first-order valence-electron chi connectivity index (χ1n) is 4.48. The maximum absolute atomic E-state index is 11.4. The van der Waals surface area contributed by atoms with E-state index in [0.29, 0.717) is 22.9 Å². The van der Waals surface area contributed by atoms with Gasteiger partial charge in [0.2, 0.25) is 0 Å². The van der Waals surface area contributed by atoms with E-state index in [1.807, 2.05) is 6.92 Å². The van der Waals surface area contributed by atoms with E-state index in [4.69, 9.17) is 16.3 Å². The van der Waals surface area contributed by atoms with Gasteiger partial charge in [0, 0.05) is 0 Å². The van der Waals surface area contributed by atoms with Gasteiger partial charge in [-0.1, -0.05) is 24.6 Å². The molecule has 1 aliphatic heterocycles. The van der Waals surface area contributed by atoms with E-state index in [9.17, 15) is 4.79 Å². The highest BCUT2D eigenvalue weighted by molar-refractivity contribution is 6.34. The van der Waals surface area contributed by atoms with Gasteiger partial charge in [0.1, 0.15) is 11.4 Å². The molecule has 0 spiro atoms. The Kier molecular flexibility index (Phi) is 2.33. The molecule has 1 heterocycles. The average Bonchev–Trinajstić information content (AvgIpc) is 2.19. The van der Waals surface area contributed by atoms with Crippen molar-refractivity contribution in [3.05, 3.63) is 23.2 Å². The number of hydrogen-bond donors (Lipinski definition) is 1. The summed E-state index contributed by atoms with van der Waals surface area (Å²) in [6.07, 6.45) is 0.249. The predicted molar refractivity (Wildman–Crippen MR) is 54.8 cm³/mol. The number of ether oxygens (including phenoxy) is 1. The van der Waals surface area contributed by atoms with Crippen LogP contribution in [0.4, 0.5) is 5.69 Å². The van der Waals surface area contributed by atoms with Crippen LogP contribution in [-0.4, -0.2) is 12.0 Å². The van der Waals surface area contributed by atoms with Crippen LogP contribution in [-0.2, 0) is 4.79 Å². The number of nitrogens with one attached hydrogen (secondary N) is 1. The van der Waals surface area contributed by atoms with E-state index in [0.717, 1.165) is 0 Å². The van der Waals surface area contributed by atoms with Gasteiger partial charge in [0.15, 0.2) is 6.10 Å². The van der Waals surface area contributed by atoms with Crippen molar-refractivity contribution in [3.8, 4) is 5.75 Å². The predicted octanol–water partition coefficient (Wildman–Crippen LogP) is 2.45. The number of hydrogen-bond acceptors (Lipinski definition) is 2. The molecule has 0 saturated carbocycles. The minimum Gasteiger partial charge on any atom is -0.478 e. The maximum atomic E-state index is 11.4. The minimum absolute atomic E-state index is 0.131. The van der Waals surface area contributed by atoms with Crippen LogP contribution in [0.3, 0.4) is 0 Å². The number of anilines is 1. The molecule has 1 aromatic rings. The van der Waals surface area contributed by atoms with Crippen molar-refractivity contribution in [2.75, 3.05) is 5.32 Å². The molecule has 14 heavy (non-hydrogen) atoms. The van der Waals surface area contributed by atoms with Gasteiger partial charge in [-0.15, -0.1) is 0 Å². The Morgan fingerprint density at radius 3 is 3.07 bits per heavy atom. The summed E-state index contributed by atoms with van der Waals surface area (Å²) in [7, 11) is 0. The first-order chi connectivity index (χ1) is 6.72. The van der Waals surface area contributed by atoms with E-state index in [1.165, 1.54) is 0 Å². The second-order valence-electron chi connectivity index (χ2n) is 3.12. The topological polar surface area (TPSA) is 38.3 Å². The van der Waals surface area contributed by atoms with Gasteiger partial charge in [-0.05, 0) is 18.6 Å². The normalized spacial score (nSPS) is 19.6. The average molecular weight is 212 g/mol. The smallest absolute Gasteiger partial charge is 0.265 e. The summed E-state index contributed by atoms with van der Waals surface area (Å²) < 4.78 is 5.48. The molecule has 1 aliphatic rings. The molecule has 3 nitrogen and oxygen atoms in total. The molecular weight excluding hydrogens is 202 g/mol. The molecule has 2 rings (SSSR count). The van der Waals surface area contributed by atoms with E-state index >= 15 is 0 Å². The summed E-state index contributed by atoms with van der Waals surface area (Å²) in [4.78, 5) is 11.4. The van der Waals surface area contributed by atoms with Crippen LogP contribution in [0.25, 0.3) is 0 Å². The van der Waals surface area contributed by atoms with Crippen molar-refractivity contribution in [3.63, 3.8) is 0 Å². The van der Waals surface area contributed by atoms with Crippen LogP contribution in [0.5, 0.6) is 5.75 Å². The molecule has 74 valence electrons. The lowest BCUT2D eigenvalue weighted by atomic mass is 10.2. The molecule has 1 unspecified atom stereocenters. The summed E-state index contributed by atoms with van der Waals surface area (Å²) in [5.41, 5.74) is 0.573. The number of rotatable bonds is 1. The Morgan fingerprint density at radius 1 is 1.57 bits per heavy atom. The first kappa shape index (κ1) is 9.34. The van der Waals surface area contributed by atoms with Crippen molar-refractivity contribution >= 4 is 23.2 Å². The first-order valence-corrected chi connectivity index (χ1v) is 4.86. The molecule has 1 amide bonds. The molecule has 1 atom stereocenters. The fourth-order valence-corrected chi connectivity index (χ4v) is 1.62. The Labute approximate surface area is 87.0 Å². The second-order valence-corrected chi connectivity index (χ2v) is 3.52. The highest BCUT2D eigenvalue weighted by Gasteiger charge is 2.26. The van der Waals surface area contributed by atoms with Crippen LogP contribution in [0.1, 0.15) is 13.3 Å². The third-order valence-electron chi connectivity index (χ3n) is 2.16. The van der Waals surface area contributed by atoms with Crippen molar-refractivity contribution in [1.82, 2.24) is 0 Å². The molecule has 0 saturated heterocycles. The van der Waals surface area contributed by atoms with Gasteiger partial charge in [0.25, 0.3) is 5.91 Å². The molecule has 1 N–H and O–H groups in total. The lowest BCUT2D eigenvalue weighted by Gasteiger charge is -2.25. The fourth-order valence-electron chi connectivity index (χ4n) is 1.40. The molecule has 0 fully saturated rings. The Hall–Kier alpha value is -1.22. The van der Waals surface area contributed by atoms with Gasteiger partial charge in [-0.25, -0.2) is 0 Å². The zero-order chi connectivity index (χ0) is 10.1. The van der Waals surface area contributed by atoms with Crippen molar-refractivity contribution in [1.29, 1.82) is 0 Å². The van der Waals surface area contributed by atoms with Gasteiger partial charge < -0.3 is 10.1 Å². The molecule has 0 aromatic heterocycles. The van der Waals surface area contributed by atoms with Gasteiger partial charge in [0.05, 0.1) is 5.02 Å². The Balaban J connectivity index is 2.40. The number of halogens is 1. The monoisotopic (exact) mass is 211 g/mol. The highest BCUT2D eigenvalue weighted by Crippen LogP contribution is 2.35. The number of fused-ring (bicyclic) bond motifs is 1. The second kappa shape index (κ2) is 3.50. The number of benzene rings is 1. The van der Waals surface area contributed by atoms with Crippen LogP contribution in [0.2, 0.25) is 5.02 Å². The zero-order valence-corrected chi connectivity index (χ0v) is 8.47. The SMILES string of the molecule is CCC1Oc2cccc(Cl)c2NC1=O. The standard InChI is InChI=1S/C10H10ClNO2/c1-2-7-10(13)12-9-6(11)4-3-5-8(9)14-7/h3-5,7H,2H2,1H3,(H,12,13). The quantitative estimate of drug-likeness (QED) is 0.775. The molecule has 1 aromatic carbocycles. The maximum Gasteiger partial charge on any atom is 0.265 e. The van der Waals surface area contributed by atoms with Crippen molar-refractivity contribution in [2.45, 2.75) is 19.4 Å². The molecule has 0 bridgehead atoms. The Bertz CT molecular complexity index is 378. The number of para-hydroxylation sites is 1. The van der Waals surface area contributed by atoms with Crippen molar-refractivity contribution < 1.29 is 9.53 Å². The summed E-state index contributed by atoms with van der Waals surface area (Å²) in [5.74, 6) is 0.511. The highest BCUT2D eigenvalue weighted by atomic mass is 35.5. The summed E-state index contributed by atoms with van der Waals surface area (Å²) in [6.45, 7) is 1.90. The molecule has 0 radical (unpaired) electrons. The van der Waals surface area contributed by atoms with Gasteiger partial charge in [-0.3, -0.25) is 4.79 Å². The number of amides is 1. The number of carbonyl (C=O) groups is 1. The van der Waals surface area contributed by atoms with Crippen LogP contribution in [0.15, 0.2) is 18.2 Å². The Morgan fingerprint density at radius 2 is 2.36 bits per heavy atom.